The van der Waals surface area contributed by atoms with Gasteiger partial charge in [0, 0.05) is 14.2 Å². The van der Waals surface area contributed by atoms with E-state index in [1.54, 1.807) is 0 Å². The molecule has 0 fully saturated rings. The molecule has 0 heterocycles. The Bertz CT molecular complexity index is 193. The van der Waals surface area contributed by atoms with Crippen LogP contribution in [-0.2, 0) is 14.3 Å². The molecule has 0 spiro atoms. The van der Waals surface area contributed by atoms with E-state index in [-0.39, 0.29) is 12.9 Å². The first-order valence-electron chi connectivity index (χ1n) is 4.47. The molecule has 0 aromatic heterocycles. The van der Waals surface area contributed by atoms with Crippen LogP contribution in [0.4, 0.5) is 0 Å². The van der Waals surface area contributed by atoms with Gasteiger partial charge >= 0.3 is 0 Å². The molecule has 0 aliphatic carbocycles. The Labute approximate surface area is 88.4 Å². The summed E-state index contributed by atoms with van der Waals surface area (Å²) in [5.41, 5.74) is -1.86. The lowest BCUT2D eigenvalue weighted by atomic mass is 9.93. The van der Waals surface area contributed by atoms with Crippen LogP contribution in [0.3, 0.4) is 0 Å². The summed E-state index contributed by atoms with van der Waals surface area (Å²) in [5, 5.41) is 28.6. The van der Waals surface area contributed by atoms with Crippen molar-refractivity contribution < 1.29 is 29.6 Å². The van der Waals surface area contributed by atoms with E-state index in [0.29, 0.717) is 0 Å². The van der Waals surface area contributed by atoms with Crippen molar-refractivity contribution in [3.8, 4) is 0 Å². The highest BCUT2D eigenvalue weighted by atomic mass is 16.5. The normalized spacial score (nSPS) is 21.5. The highest BCUT2D eigenvalue weighted by Crippen LogP contribution is 2.16. The van der Waals surface area contributed by atoms with Crippen LogP contribution < -0.4 is 0 Å². The number of rotatable bonds is 7. The Morgan fingerprint density at radius 3 is 2.27 bits per heavy atom. The molecule has 6 heteroatoms. The smallest absolute Gasteiger partial charge is 0.154 e. The van der Waals surface area contributed by atoms with Crippen LogP contribution in [0, 0.1) is 0 Å². The molecule has 0 aromatic rings. The lowest BCUT2D eigenvalue weighted by Gasteiger charge is -2.32. The zero-order valence-electron chi connectivity index (χ0n) is 9.08. The van der Waals surface area contributed by atoms with Gasteiger partial charge in [0.05, 0.1) is 6.61 Å². The predicted molar refractivity (Wildman–Crippen MR) is 51.4 cm³/mol. The highest BCUT2D eigenvalue weighted by Gasteiger charge is 2.40. The van der Waals surface area contributed by atoms with E-state index < -0.39 is 23.9 Å². The zero-order valence-corrected chi connectivity index (χ0v) is 9.08. The third-order valence-corrected chi connectivity index (χ3v) is 2.11. The number of hydrogen-bond acceptors (Lipinski definition) is 6. The van der Waals surface area contributed by atoms with Crippen molar-refractivity contribution in [1.82, 2.24) is 0 Å². The third kappa shape index (κ3) is 3.84. The molecular weight excluding hydrogens is 204 g/mol. The average molecular weight is 222 g/mol. The quantitative estimate of drug-likeness (QED) is 0.445. The second-order valence-electron chi connectivity index (χ2n) is 3.51. The van der Waals surface area contributed by atoms with E-state index in [0.717, 1.165) is 0 Å². The standard InChI is InChI=1S/C9H18O6/c1-9(13,5-10)8(15-3)7(12)6(11)4-14-2/h5-8,11-13H,4H2,1-3H3/t6-,7-,8+,9+/m1/s1. The van der Waals surface area contributed by atoms with Gasteiger partial charge in [-0.2, -0.15) is 0 Å². The van der Waals surface area contributed by atoms with E-state index in [9.17, 15) is 20.1 Å². The molecule has 0 aliphatic heterocycles. The molecule has 0 aromatic carbocycles. The first-order chi connectivity index (χ1) is 6.90. The molecule has 0 radical (unpaired) electrons. The Morgan fingerprint density at radius 1 is 1.40 bits per heavy atom. The highest BCUT2D eigenvalue weighted by molar-refractivity contribution is 5.62. The fraction of sp³-hybridized carbons (Fsp3) is 0.889. The molecule has 0 amide bonds. The van der Waals surface area contributed by atoms with Gasteiger partial charge in [-0.25, -0.2) is 0 Å². The molecule has 0 aliphatic rings. The molecule has 0 bridgehead atoms. The summed E-state index contributed by atoms with van der Waals surface area (Å²) in [5.74, 6) is 0. The number of aliphatic hydroxyl groups is 3. The van der Waals surface area contributed by atoms with E-state index >= 15 is 0 Å². The summed E-state index contributed by atoms with van der Waals surface area (Å²) < 4.78 is 9.42. The lowest BCUT2D eigenvalue weighted by molar-refractivity contribution is -0.169. The molecule has 6 nitrogen and oxygen atoms in total. The van der Waals surface area contributed by atoms with Gasteiger partial charge in [-0.15, -0.1) is 0 Å². The van der Waals surface area contributed by atoms with Crippen molar-refractivity contribution in [1.29, 1.82) is 0 Å². The van der Waals surface area contributed by atoms with Crippen LogP contribution in [0.1, 0.15) is 6.92 Å². The monoisotopic (exact) mass is 222 g/mol. The molecule has 3 N–H and O–H groups in total. The van der Waals surface area contributed by atoms with Gasteiger partial charge in [-0.05, 0) is 6.92 Å². The Hall–Kier alpha value is -0.530. The number of methoxy groups -OCH3 is 2. The van der Waals surface area contributed by atoms with Crippen LogP contribution in [-0.4, -0.2) is 66.3 Å². The van der Waals surface area contributed by atoms with Crippen molar-refractivity contribution in [3.63, 3.8) is 0 Å². The van der Waals surface area contributed by atoms with Gasteiger partial charge in [0.2, 0.25) is 0 Å². The van der Waals surface area contributed by atoms with Gasteiger partial charge in [0.1, 0.15) is 23.9 Å². The minimum atomic E-state index is -1.86. The molecule has 0 unspecified atom stereocenters. The largest absolute Gasteiger partial charge is 0.388 e. The maximum Gasteiger partial charge on any atom is 0.154 e. The SMILES string of the molecule is COC[C@@H](O)[C@@H](O)[C@H](OC)[C@@](C)(O)C=O. The number of ether oxygens (including phenoxy) is 2. The van der Waals surface area contributed by atoms with Crippen LogP contribution in [0.5, 0.6) is 0 Å². The van der Waals surface area contributed by atoms with Gasteiger partial charge in [-0.3, -0.25) is 0 Å². The Balaban J connectivity index is 4.59. The van der Waals surface area contributed by atoms with Crippen molar-refractivity contribution in [2.45, 2.75) is 30.8 Å². The zero-order chi connectivity index (χ0) is 12.1. The third-order valence-electron chi connectivity index (χ3n) is 2.11. The number of aldehydes is 1. The number of carbonyl (C=O) groups is 1. The molecule has 0 saturated carbocycles. The minimum Gasteiger partial charge on any atom is -0.388 e. The molecule has 15 heavy (non-hydrogen) atoms. The van der Waals surface area contributed by atoms with Crippen LogP contribution >= 0.6 is 0 Å². The predicted octanol–water partition coefficient (Wildman–Crippen LogP) is -1.68. The molecule has 0 saturated heterocycles. The summed E-state index contributed by atoms with van der Waals surface area (Å²) in [6, 6.07) is 0. The van der Waals surface area contributed by atoms with Gasteiger partial charge in [0.25, 0.3) is 0 Å². The van der Waals surface area contributed by atoms with Crippen molar-refractivity contribution >= 4 is 6.29 Å². The fourth-order valence-corrected chi connectivity index (χ4v) is 1.26. The first kappa shape index (κ1) is 14.5. The first-order valence-corrected chi connectivity index (χ1v) is 4.47. The molecule has 0 rings (SSSR count). The maximum absolute atomic E-state index is 10.6. The van der Waals surface area contributed by atoms with E-state index in [4.69, 9.17) is 4.74 Å². The molecule has 4 atom stereocenters. The average Bonchev–Trinajstić information content (AvgIpc) is 2.18. The Morgan fingerprint density at radius 2 is 1.93 bits per heavy atom. The fourth-order valence-electron chi connectivity index (χ4n) is 1.26. The van der Waals surface area contributed by atoms with Crippen molar-refractivity contribution in [2.24, 2.45) is 0 Å². The van der Waals surface area contributed by atoms with E-state index in [1.165, 1.54) is 21.1 Å². The summed E-state index contributed by atoms with van der Waals surface area (Å²) >= 11 is 0. The minimum absolute atomic E-state index is 0.115. The summed E-state index contributed by atoms with van der Waals surface area (Å²) in [6.45, 7) is 1.08. The maximum atomic E-state index is 10.6. The number of hydrogen-bond donors (Lipinski definition) is 3. The van der Waals surface area contributed by atoms with E-state index in [1.807, 2.05) is 0 Å². The van der Waals surface area contributed by atoms with Gasteiger partial charge in [0.15, 0.2) is 6.29 Å². The number of aliphatic hydroxyl groups excluding tert-OH is 2. The lowest BCUT2D eigenvalue weighted by Crippen LogP contribution is -2.54. The number of carbonyl (C=O) groups excluding carboxylic acids is 1. The van der Waals surface area contributed by atoms with Crippen LogP contribution in [0.15, 0.2) is 0 Å². The van der Waals surface area contributed by atoms with Gasteiger partial charge in [-0.1, -0.05) is 0 Å². The van der Waals surface area contributed by atoms with Crippen LogP contribution in [0.2, 0.25) is 0 Å². The van der Waals surface area contributed by atoms with Crippen LogP contribution in [0.25, 0.3) is 0 Å². The second-order valence-corrected chi connectivity index (χ2v) is 3.51. The second kappa shape index (κ2) is 6.14. The molecular formula is C9H18O6. The summed E-state index contributed by atoms with van der Waals surface area (Å²) in [4.78, 5) is 10.6. The van der Waals surface area contributed by atoms with Gasteiger partial charge < -0.3 is 29.6 Å². The molecule has 90 valence electrons. The van der Waals surface area contributed by atoms with Crippen molar-refractivity contribution in [2.75, 3.05) is 20.8 Å². The van der Waals surface area contributed by atoms with E-state index in [2.05, 4.69) is 4.74 Å². The summed E-state index contributed by atoms with van der Waals surface area (Å²) in [7, 11) is 2.58. The Kier molecular flexibility index (Phi) is 5.92. The van der Waals surface area contributed by atoms with Crippen molar-refractivity contribution in [3.05, 3.63) is 0 Å². The summed E-state index contributed by atoms with van der Waals surface area (Å²) in [6.07, 6.45) is -3.59. The topological polar surface area (TPSA) is 96.2 Å².